The van der Waals surface area contributed by atoms with Crippen molar-refractivity contribution in [2.45, 2.75) is 32.1 Å². The van der Waals surface area contributed by atoms with E-state index in [1.54, 1.807) is 24.4 Å². The summed E-state index contributed by atoms with van der Waals surface area (Å²) in [6, 6.07) is 6.74. The predicted molar refractivity (Wildman–Crippen MR) is 70.4 cm³/mol. The first kappa shape index (κ1) is 12.6. The Morgan fingerprint density at radius 2 is 2.11 bits per heavy atom. The number of hydrogen-bond acceptors (Lipinski definition) is 3. The number of benzene rings is 1. The lowest BCUT2D eigenvalue weighted by Crippen LogP contribution is -2.28. The quantitative estimate of drug-likeness (QED) is 0.635. The Kier molecular flexibility index (Phi) is 4.34. The number of amides is 1. The molecule has 1 fully saturated rings. The summed E-state index contributed by atoms with van der Waals surface area (Å²) in [6.45, 7) is 0. The van der Waals surface area contributed by atoms with Crippen molar-refractivity contribution in [2.75, 3.05) is 0 Å². The number of carbonyl (C=O) groups is 1. The summed E-state index contributed by atoms with van der Waals surface area (Å²) in [5, 5.41) is 13.2. The fourth-order valence-electron chi connectivity index (χ4n) is 2.23. The molecule has 0 aliphatic heterocycles. The molecule has 96 valence electrons. The second-order valence-electron chi connectivity index (χ2n) is 4.66. The summed E-state index contributed by atoms with van der Waals surface area (Å²) in [7, 11) is 0. The molecule has 1 saturated carbocycles. The molecular weight excluding hydrogens is 228 g/mol. The van der Waals surface area contributed by atoms with E-state index in [2.05, 4.69) is 10.5 Å². The van der Waals surface area contributed by atoms with Gasteiger partial charge in [-0.3, -0.25) is 4.79 Å². The van der Waals surface area contributed by atoms with Crippen molar-refractivity contribution in [2.24, 2.45) is 11.0 Å². The number of hydrogen-bond donors (Lipinski definition) is 2. The molecule has 4 heteroatoms. The van der Waals surface area contributed by atoms with Crippen molar-refractivity contribution >= 4 is 12.1 Å². The SMILES string of the molecule is O=C(N/N=C/c1cccc(O)c1)C1CCCCC1. The van der Waals surface area contributed by atoms with E-state index in [0.717, 1.165) is 31.2 Å². The van der Waals surface area contributed by atoms with Crippen LogP contribution in [0.5, 0.6) is 5.75 Å². The molecule has 2 rings (SSSR count). The van der Waals surface area contributed by atoms with Crippen molar-refractivity contribution in [3.8, 4) is 5.75 Å². The zero-order valence-electron chi connectivity index (χ0n) is 10.3. The molecule has 0 heterocycles. The number of hydrazone groups is 1. The highest BCUT2D eigenvalue weighted by Gasteiger charge is 2.20. The fourth-order valence-corrected chi connectivity index (χ4v) is 2.23. The van der Waals surface area contributed by atoms with Gasteiger partial charge in [0.15, 0.2) is 0 Å². The second-order valence-corrected chi connectivity index (χ2v) is 4.66. The third-order valence-electron chi connectivity index (χ3n) is 3.23. The third kappa shape index (κ3) is 3.58. The number of rotatable bonds is 3. The smallest absolute Gasteiger partial charge is 0.243 e. The lowest BCUT2D eigenvalue weighted by atomic mass is 9.89. The summed E-state index contributed by atoms with van der Waals surface area (Å²) in [5.41, 5.74) is 3.33. The maximum Gasteiger partial charge on any atom is 0.243 e. The van der Waals surface area contributed by atoms with Crippen LogP contribution in [-0.4, -0.2) is 17.2 Å². The normalized spacial score (nSPS) is 16.9. The van der Waals surface area contributed by atoms with E-state index < -0.39 is 0 Å². The van der Waals surface area contributed by atoms with Gasteiger partial charge in [-0.25, -0.2) is 5.43 Å². The Morgan fingerprint density at radius 1 is 1.33 bits per heavy atom. The Labute approximate surface area is 107 Å². The van der Waals surface area contributed by atoms with Gasteiger partial charge in [0, 0.05) is 5.92 Å². The van der Waals surface area contributed by atoms with Crippen molar-refractivity contribution in [3.63, 3.8) is 0 Å². The molecule has 1 aliphatic rings. The standard InChI is InChI=1S/C14H18N2O2/c17-13-8-4-5-11(9-13)10-15-16-14(18)12-6-2-1-3-7-12/h4-5,8-10,12,17H,1-3,6-7H2,(H,16,18)/b15-10+. The molecule has 0 unspecified atom stereocenters. The van der Waals surface area contributed by atoms with Gasteiger partial charge in [-0.1, -0.05) is 31.4 Å². The lowest BCUT2D eigenvalue weighted by Gasteiger charge is -2.19. The number of aromatic hydroxyl groups is 1. The van der Waals surface area contributed by atoms with Gasteiger partial charge in [0.2, 0.25) is 5.91 Å². The first-order valence-corrected chi connectivity index (χ1v) is 6.37. The van der Waals surface area contributed by atoms with Crippen LogP contribution in [0.3, 0.4) is 0 Å². The molecule has 0 bridgehead atoms. The largest absolute Gasteiger partial charge is 0.508 e. The molecule has 1 amide bonds. The van der Waals surface area contributed by atoms with Crippen LogP contribution in [-0.2, 0) is 4.79 Å². The molecule has 0 spiro atoms. The van der Waals surface area contributed by atoms with Gasteiger partial charge in [-0.2, -0.15) is 5.10 Å². The molecule has 0 radical (unpaired) electrons. The molecule has 0 atom stereocenters. The Hall–Kier alpha value is -1.84. The minimum Gasteiger partial charge on any atom is -0.508 e. The highest BCUT2D eigenvalue weighted by molar-refractivity contribution is 5.83. The zero-order chi connectivity index (χ0) is 12.8. The minimum atomic E-state index is 0.00565. The monoisotopic (exact) mass is 246 g/mol. The number of carbonyl (C=O) groups excluding carboxylic acids is 1. The van der Waals surface area contributed by atoms with Crippen LogP contribution in [0.2, 0.25) is 0 Å². The molecule has 18 heavy (non-hydrogen) atoms. The Morgan fingerprint density at radius 3 is 2.83 bits per heavy atom. The van der Waals surface area contributed by atoms with Crippen LogP contribution >= 0.6 is 0 Å². The zero-order valence-corrected chi connectivity index (χ0v) is 10.3. The van der Waals surface area contributed by atoms with Crippen LogP contribution in [0.4, 0.5) is 0 Å². The van der Waals surface area contributed by atoms with Crippen molar-refractivity contribution in [3.05, 3.63) is 29.8 Å². The van der Waals surface area contributed by atoms with E-state index in [1.165, 1.54) is 6.42 Å². The van der Waals surface area contributed by atoms with Gasteiger partial charge in [0.05, 0.1) is 6.21 Å². The van der Waals surface area contributed by atoms with Crippen LogP contribution in [0.15, 0.2) is 29.4 Å². The van der Waals surface area contributed by atoms with Gasteiger partial charge in [0.25, 0.3) is 0 Å². The summed E-state index contributed by atoms with van der Waals surface area (Å²) < 4.78 is 0. The Balaban J connectivity index is 1.85. The van der Waals surface area contributed by atoms with E-state index in [-0.39, 0.29) is 17.6 Å². The van der Waals surface area contributed by atoms with Gasteiger partial charge in [0.1, 0.15) is 5.75 Å². The molecule has 1 aliphatic carbocycles. The van der Waals surface area contributed by atoms with Gasteiger partial charge in [-0.15, -0.1) is 0 Å². The third-order valence-corrected chi connectivity index (χ3v) is 3.23. The average Bonchev–Trinajstić information content (AvgIpc) is 2.40. The van der Waals surface area contributed by atoms with Gasteiger partial charge in [-0.05, 0) is 30.5 Å². The van der Waals surface area contributed by atoms with Crippen LogP contribution < -0.4 is 5.43 Å². The van der Waals surface area contributed by atoms with E-state index >= 15 is 0 Å². The lowest BCUT2D eigenvalue weighted by molar-refractivity contribution is -0.125. The van der Waals surface area contributed by atoms with E-state index in [9.17, 15) is 9.90 Å². The maximum atomic E-state index is 11.8. The predicted octanol–water partition coefficient (Wildman–Crippen LogP) is 2.42. The van der Waals surface area contributed by atoms with Crippen LogP contribution in [0, 0.1) is 5.92 Å². The van der Waals surface area contributed by atoms with Crippen LogP contribution in [0.1, 0.15) is 37.7 Å². The molecule has 4 nitrogen and oxygen atoms in total. The van der Waals surface area contributed by atoms with E-state index in [1.807, 2.05) is 6.07 Å². The van der Waals surface area contributed by atoms with Crippen molar-refractivity contribution in [1.82, 2.24) is 5.43 Å². The fraction of sp³-hybridized carbons (Fsp3) is 0.429. The van der Waals surface area contributed by atoms with Gasteiger partial charge >= 0.3 is 0 Å². The molecule has 0 aromatic heterocycles. The first-order chi connectivity index (χ1) is 8.75. The Bertz CT molecular complexity index is 437. The summed E-state index contributed by atoms with van der Waals surface area (Å²) in [6.07, 6.45) is 6.97. The summed E-state index contributed by atoms with van der Waals surface area (Å²) in [5.74, 6) is 0.309. The minimum absolute atomic E-state index is 0.00565. The number of phenolic OH excluding ortho intramolecular Hbond substituents is 1. The van der Waals surface area contributed by atoms with Crippen molar-refractivity contribution in [1.29, 1.82) is 0 Å². The summed E-state index contributed by atoms with van der Waals surface area (Å²) in [4.78, 5) is 11.8. The molecule has 1 aromatic rings. The highest BCUT2D eigenvalue weighted by atomic mass is 16.3. The molecule has 2 N–H and O–H groups in total. The summed E-state index contributed by atoms with van der Waals surface area (Å²) >= 11 is 0. The van der Waals surface area contributed by atoms with Gasteiger partial charge < -0.3 is 5.11 Å². The second kappa shape index (κ2) is 6.19. The topological polar surface area (TPSA) is 61.7 Å². The highest BCUT2D eigenvalue weighted by Crippen LogP contribution is 2.23. The van der Waals surface area contributed by atoms with E-state index in [0.29, 0.717) is 0 Å². The van der Waals surface area contributed by atoms with E-state index in [4.69, 9.17) is 0 Å². The van der Waals surface area contributed by atoms with Crippen LogP contribution in [0.25, 0.3) is 0 Å². The maximum absolute atomic E-state index is 11.8. The van der Waals surface area contributed by atoms with Crippen molar-refractivity contribution < 1.29 is 9.90 Å². The number of nitrogens with one attached hydrogen (secondary N) is 1. The number of phenols is 1. The molecule has 0 saturated heterocycles. The average molecular weight is 246 g/mol. The molecule has 1 aromatic carbocycles. The number of nitrogens with zero attached hydrogens (tertiary/aromatic N) is 1. The molecular formula is C14H18N2O2. The first-order valence-electron chi connectivity index (χ1n) is 6.37.